The van der Waals surface area contributed by atoms with Gasteiger partial charge >= 0.3 is 0 Å². The maximum absolute atomic E-state index is 13.1. The van der Waals surface area contributed by atoms with Crippen LogP contribution in [0.2, 0.25) is 5.02 Å². The number of fused-ring (bicyclic) bond motifs is 1. The van der Waals surface area contributed by atoms with Gasteiger partial charge < -0.3 is 16.0 Å². The van der Waals surface area contributed by atoms with Crippen molar-refractivity contribution in [2.75, 3.05) is 44.3 Å². The van der Waals surface area contributed by atoms with Gasteiger partial charge in [0.15, 0.2) is 5.65 Å². The van der Waals surface area contributed by atoms with Crippen LogP contribution in [0.25, 0.3) is 11.0 Å². The number of nitrogens with two attached hydrogens (primary N) is 1. The summed E-state index contributed by atoms with van der Waals surface area (Å²) >= 11 is 6.59. The number of amides is 1. The van der Waals surface area contributed by atoms with Crippen LogP contribution in [0, 0.1) is 18.8 Å². The number of aromatic nitrogens is 4. The summed E-state index contributed by atoms with van der Waals surface area (Å²) in [5.41, 5.74) is 11.1. The normalized spacial score (nSPS) is 14.3. The average molecular weight is 557 g/mol. The number of carbonyl (C=O) groups is 1. The van der Waals surface area contributed by atoms with Gasteiger partial charge in [-0.3, -0.25) is 9.69 Å². The molecule has 0 spiro atoms. The zero-order chi connectivity index (χ0) is 28.4. The Hall–Kier alpha value is -3.97. The minimum absolute atomic E-state index is 0.0791. The molecule has 1 amide bonds. The first kappa shape index (κ1) is 27.6. The molecule has 0 saturated carbocycles. The first-order valence-electron chi connectivity index (χ1n) is 13.3. The van der Waals surface area contributed by atoms with E-state index >= 15 is 0 Å². The number of halogens is 1. The van der Waals surface area contributed by atoms with E-state index in [1.807, 2.05) is 45.0 Å². The van der Waals surface area contributed by atoms with Crippen LogP contribution in [0.1, 0.15) is 52.6 Å². The van der Waals surface area contributed by atoms with E-state index in [1.54, 1.807) is 16.8 Å². The van der Waals surface area contributed by atoms with Gasteiger partial charge in [-0.05, 0) is 69.1 Å². The lowest BCUT2D eigenvalue weighted by atomic mass is 10.0. The van der Waals surface area contributed by atoms with E-state index in [9.17, 15) is 4.79 Å². The minimum atomic E-state index is -0.238. The predicted octanol–water partition coefficient (Wildman–Crippen LogP) is 4.35. The Morgan fingerprint density at radius 1 is 1.10 bits per heavy atom. The summed E-state index contributed by atoms with van der Waals surface area (Å²) in [4.78, 5) is 26.3. The minimum Gasteiger partial charge on any atom is -0.383 e. The fourth-order valence-electron chi connectivity index (χ4n) is 4.67. The molecule has 2 aromatic heterocycles. The number of nitrogens with zero attached hydrogens (tertiary/aromatic N) is 6. The fraction of sp³-hybridized carbons (Fsp3) is 0.333. The number of nitrogens with one attached hydrogen (secondary N) is 1. The van der Waals surface area contributed by atoms with Crippen LogP contribution in [0.5, 0.6) is 0 Å². The Kier molecular flexibility index (Phi) is 8.03. The molecule has 0 aliphatic carbocycles. The highest BCUT2D eigenvalue weighted by atomic mass is 35.5. The number of anilines is 2. The number of piperazine rings is 1. The van der Waals surface area contributed by atoms with Gasteiger partial charge in [0.05, 0.1) is 5.39 Å². The molecule has 0 unspecified atom stereocenters. The number of likely N-dealkylation sites (N-methyl/N-ethyl adjacent to an activating group) is 1. The summed E-state index contributed by atoms with van der Waals surface area (Å²) in [6.07, 6.45) is 1.43. The van der Waals surface area contributed by atoms with E-state index in [4.69, 9.17) is 17.3 Å². The van der Waals surface area contributed by atoms with Crippen LogP contribution >= 0.6 is 11.6 Å². The Bertz CT molecular complexity index is 1630. The molecule has 40 heavy (non-hydrogen) atoms. The van der Waals surface area contributed by atoms with E-state index in [0.717, 1.165) is 49.4 Å². The van der Waals surface area contributed by atoms with Crippen LogP contribution < -0.4 is 11.1 Å². The predicted molar refractivity (Wildman–Crippen MR) is 159 cm³/mol. The molecule has 3 heterocycles. The van der Waals surface area contributed by atoms with Gasteiger partial charge in [0, 0.05) is 60.6 Å². The molecular formula is C30H33ClN8O. The lowest BCUT2D eigenvalue weighted by Gasteiger charge is -2.32. The molecule has 5 rings (SSSR count). The van der Waals surface area contributed by atoms with Crippen molar-refractivity contribution in [1.29, 1.82) is 0 Å². The van der Waals surface area contributed by atoms with Gasteiger partial charge in [-0.1, -0.05) is 29.7 Å². The highest BCUT2D eigenvalue weighted by Crippen LogP contribution is 2.25. The number of aryl methyl sites for hydroxylation is 1. The van der Waals surface area contributed by atoms with Crippen LogP contribution in [0.3, 0.4) is 0 Å². The van der Waals surface area contributed by atoms with Crippen LogP contribution in [-0.4, -0.2) is 68.7 Å². The number of hydrogen-bond acceptors (Lipinski definition) is 7. The molecule has 9 nitrogen and oxygen atoms in total. The largest absolute Gasteiger partial charge is 0.383 e. The molecule has 0 bridgehead atoms. The number of hydrogen-bond donors (Lipinski definition) is 2. The molecular weight excluding hydrogens is 524 g/mol. The molecule has 3 N–H and O–H groups in total. The second kappa shape index (κ2) is 11.6. The maximum Gasteiger partial charge on any atom is 0.255 e. The number of nitrogen functional groups attached to an aromatic ring is 1. The van der Waals surface area contributed by atoms with Crippen molar-refractivity contribution in [3.63, 3.8) is 0 Å². The molecule has 1 aliphatic rings. The summed E-state index contributed by atoms with van der Waals surface area (Å²) in [5, 5.41) is 8.86. The molecule has 2 aromatic carbocycles. The smallest absolute Gasteiger partial charge is 0.255 e. The number of benzene rings is 2. The monoisotopic (exact) mass is 556 g/mol. The number of carbonyl (C=O) groups excluding carboxylic acids is 1. The van der Waals surface area contributed by atoms with Gasteiger partial charge in [-0.15, -0.1) is 0 Å². The van der Waals surface area contributed by atoms with Gasteiger partial charge in [-0.25, -0.2) is 14.6 Å². The van der Waals surface area contributed by atoms with Crippen molar-refractivity contribution in [2.45, 2.75) is 33.4 Å². The van der Waals surface area contributed by atoms with E-state index < -0.39 is 0 Å². The molecule has 0 radical (unpaired) electrons. The molecule has 1 aliphatic heterocycles. The molecule has 4 aromatic rings. The van der Waals surface area contributed by atoms with Crippen LogP contribution in [0.4, 0.5) is 11.5 Å². The lowest BCUT2D eigenvalue weighted by Crippen LogP contribution is -2.43. The van der Waals surface area contributed by atoms with Crippen molar-refractivity contribution in [2.24, 2.45) is 0 Å². The first-order chi connectivity index (χ1) is 19.2. The van der Waals surface area contributed by atoms with E-state index in [2.05, 4.69) is 49.1 Å². The summed E-state index contributed by atoms with van der Waals surface area (Å²) in [7, 11) is 2.14. The summed E-state index contributed by atoms with van der Waals surface area (Å²) < 4.78 is 1.79. The first-order valence-corrected chi connectivity index (χ1v) is 13.7. The SMILES string of the molecule is Cc1ccc(C(=O)Nc2ccc(CN3CCN(C)CC3)c(Cl)c2)cc1C#Cc1nn(C(C)C)c2ncnc(N)c12. The summed E-state index contributed by atoms with van der Waals surface area (Å²) in [5.74, 6) is 6.40. The van der Waals surface area contributed by atoms with E-state index in [0.29, 0.717) is 38.8 Å². The van der Waals surface area contributed by atoms with Gasteiger partial charge in [0.2, 0.25) is 0 Å². The third-order valence-electron chi connectivity index (χ3n) is 7.12. The zero-order valence-corrected chi connectivity index (χ0v) is 24.0. The summed E-state index contributed by atoms with van der Waals surface area (Å²) in [6.45, 7) is 10.9. The van der Waals surface area contributed by atoms with Crippen molar-refractivity contribution in [3.05, 3.63) is 75.7 Å². The van der Waals surface area contributed by atoms with Crippen molar-refractivity contribution >= 4 is 40.0 Å². The molecule has 0 atom stereocenters. The average Bonchev–Trinajstić information content (AvgIpc) is 3.31. The molecule has 1 saturated heterocycles. The molecule has 1 fully saturated rings. The van der Waals surface area contributed by atoms with Crippen molar-refractivity contribution in [3.8, 4) is 11.8 Å². The van der Waals surface area contributed by atoms with Gasteiger partial charge in [0.25, 0.3) is 5.91 Å². The Balaban J connectivity index is 1.34. The maximum atomic E-state index is 13.1. The summed E-state index contributed by atoms with van der Waals surface area (Å²) in [6, 6.07) is 11.2. The Labute approximate surface area is 239 Å². The number of rotatable bonds is 5. The Morgan fingerprint density at radius 3 is 2.60 bits per heavy atom. The van der Waals surface area contributed by atoms with Gasteiger partial charge in [0.1, 0.15) is 17.8 Å². The highest BCUT2D eigenvalue weighted by molar-refractivity contribution is 6.31. The van der Waals surface area contributed by atoms with Crippen molar-refractivity contribution < 1.29 is 4.79 Å². The second-order valence-electron chi connectivity index (χ2n) is 10.5. The van der Waals surface area contributed by atoms with Gasteiger partial charge in [-0.2, -0.15) is 5.10 Å². The quantitative estimate of drug-likeness (QED) is 0.352. The molecule has 10 heteroatoms. The second-order valence-corrected chi connectivity index (χ2v) is 10.9. The van der Waals surface area contributed by atoms with E-state index in [1.165, 1.54) is 6.33 Å². The van der Waals surface area contributed by atoms with Crippen LogP contribution in [0.15, 0.2) is 42.7 Å². The fourth-order valence-corrected chi connectivity index (χ4v) is 4.91. The third-order valence-corrected chi connectivity index (χ3v) is 7.48. The lowest BCUT2D eigenvalue weighted by molar-refractivity contribution is 0.102. The highest BCUT2D eigenvalue weighted by Gasteiger charge is 2.17. The Morgan fingerprint density at radius 2 is 1.88 bits per heavy atom. The third kappa shape index (κ3) is 5.94. The van der Waals surface area contributed by atoms with Crippen molar-refractivity contribution in [1.82, 2.24) is 29.5 Å². The topological polar surface area (TPSA) is 105 Å². The van der Waals surface area contributed by atoms with E-state index in [-0.39, 0.29) is 11.9 Å². The van der Waals surface area contributed by atoms with Crippen LogP contribution in [-0.2, 0) is 6.54 Å². The standard InChI is InChI=1S/C30H33ClN8O/c1-19(2)39-29-27(28(32)33-18-34-29)26(36-39)10-8-21-15-22(6-5-20(21)3)30(40)35-24-9-7-23(25(31)16-24)17-38-13-11-37(4)12-14-38/h5-7,9,15-16,18-19H,11-14,17H2,1-4H3,(H,35,40)(H2,32,33,34). The zero-order valence-electron chi connectivity index (χ0n) is 23.2. The molecule has 206 valence electrons.